The number of likely N-dealkylation sites (N-methyl/N-ethyl adjacent to an activating group) is 1. The van der Waals surface area contributed by atoms with Crippen LogP contribution in [0.1, 0.15) is 6.42 Å². The Kier molecular flexibility index (Phi) is 5.69. The first-order chi connectivity index (χ1) is 9.40. The van der Waals surface area contributed by atoms with Crippen LogP contribution in [0.15, 0.2) is 36.9 Å². The number of carbonyl (C=O) groups is 1. The van der Waals surface area contributed by atoms with Gasteiger partial charge in [-0.1, -0.05) is 12.1 Å². The molecule has 20 heavy (non-hydrogen) atoms. The van der Waals surface area contributed by atoms with E-state index in [2.05, 4.69) is 11.9 Å². The molecule has 0 radical (unpaired) electrons. The molecule has 0 saturated carbocycles. The molecule has 0 heterocycles. The van der Waals surface area contributed by atoms with Gasteiger partial charge in [-0.3, -0.25) is 9.10 Å². The van der Waals surface area contributed by atoms with Gasteiger partial charge in [0.2, 0.25) is 15.9 Å². The number of nitrogens with zero attached hydrogens (tertiary/aromatic N) is 1. The van der Waals surface area contributed by atoms with E-state index in [1.165, 1.54) is 31.3 Å². The fraction of sp³-hybridized carbons (Fsp3) is 0.308. The highest BCUT2D eigenvalue weighted by Crippen LogP contribution is 2.19. The lowest BCUT2D eigenvalue weighted by Crippen LogP contribution is -2.40. The van der Waals surface area contributed by atoms with E-state index >= 15 is 0 Å². The molecule has 0 aliphatic carbocycles. The SMILES string of the molecule is C=CCCS(=O)(=O)N(CC(=O)NC)c1cccc(F)c1. The topological polar surface area (TPSA) is 66.5 Å². The van der Waals surface area contributed by atoms with E-state index < -0.39 is 21.7 Å². The summed E-state index contributed by atoms with van der Waals surface area (Å²) in [5.74, 6) is -1.23. The quantitative estimate of drug-likeness (QED) is 0.772. The van der Waals surface area contributed by atoms with Gasteiger partial charge in [-0.15, -0.1) is 6.58 Å². The highest BCUT2D eigenvalue weighted by atomic mass is 32.2. The second-order valence-electron chi connectivity index (χ2n) is 4.05. The molecule has 1 rings (SSSR count). The molecular weight excluding hydrogens is 283 g/mol. The van der Waals surface area contributed by atoms with Gasteiger partial charge < -0.3 is 5.32 Å². The molecule has 0 unspecified atom stereocenters. The van der Waals surface area contributed by atoms with Crippen LogP contribution in [0.3, 0.4) is 0 Å². The van der Waals surface area contributed by atoms with Gasteiger partial charge in [0, 0.05) is 7.05 Å². The largest absolute Gasteiger partial charge is 0.358 e. The van der Waals surface area contributed by atoms with Crippen LogP contribution < -0.4 is 9.62 Å². The summed E-state index contributed by atoms with van der Waals surface area (Å²) in [6, 6.07) is 5.12. The Morgan fingerprint density at radius 2 is 2.20 bits per heavy atom. The molecule has 0 bridgehead atoms. The number of halogens is 1. The number of carbonyl (C=O) groups excluding carboxylic acids is 1. The van der Waals surface area contributed by atoms with Crippen molar-refractivity contribution in [1.29, 1.82) is 0 Å². The number of hydrogen-bond acceptors (Lipinski definition) is 3. The molecule has 110 valence electrons. The molecule has 0 atom stereocenters. The van der Waals surface area contributed by atoms with Crippen LogP contribution in [0.5, 0.6) is 0 Å². The zero-order valence-corrected chi connectivity index (χ0v) is 12.0. The standard InChI is InChI=1S/C13H17FN2O3S/c1-3-4-8-20(18,19)16(10-13(17)15-2)12-7-5-6-11(14)9-12/h3,5-7,9H,1,4,8,10H2,2H3,(H,15,17). The number of hydrogen-bond donors (Lipinski definition) is 1. The monoisotopic (exact) mass is 300 g/mol. The van der Waals surface area contributed by atoms with E-state index in [0.29, 0.717) is 0 Å². The highest BCUT2D eigenvalue weighted by molar-refractivity contribution is 7.92. The van der Waals surface area contributed by atoms with Crippen molar-refractivity contribution in [2.75, 3.05) is 23.7 Å². The zero-order chi connectivity index (χ0) is 15.2. The smallest absolute Gasteiger partial charge is 0.240 e. The normalized spacial score (nSPS) is 10.9. The third-order valence-electron chi connectivity index (χ3n) is 2.58. The number of nitrogens with one attached hydrogen (secondary N) is 1. The maximum Gasteiger partial charge on any atom is 0.240 e. The lowest BCUT2D eigenvalue weighted by Gasteiger charge is -2.23. The van der Waals surface area contributed by atoms with E-state index in [1.54, 1.807) is 0 Å². The maximum atomic E-state index is 13.2. The average molecular weight is 300 g/mol. The van der Waals surface area contributed by atoms with Crippen LogP contribution in [0.25, 0.3) is 0 Å². The van der Waals surface area contributed by atoms with Crippen LogP contribution in [0, 0.1) is 5.82 Å². The lowest BCUT2D eigenvalue weighted by molar-refractivity contribution is -0.119. The van der Waals surface area contributed by atoms with Crippen molar-refractivity contribution < 1.29 is 17.6 Å². The number of amides is 1. The molecule has 0 spiro atoms. The molecule has 1 N–H and O–H groups in total. The minimum absolute atomic E-state index is 0.123. The van der Waals surface area contributed by atoms with Crippen molar-refractivity contribution in [2.24, 2.45) is 0 Å². The van der Waals surface area contributed by atoms with E-state index in [9.17, 15) is 17.6 Å². The van der Waals surface area contributed by atoms with Gasteiger partial charge in [-0.2, -0.15) is 0 Å². The fourth-order valence-corrected chi connectivity index (χ4v) is 2.97. The molecule has 0 aliphatic rings. The molecule has 0 fully saturated rings. The van der Waals surface area contributed by atoms with E-state index in [-0.39, 0.29) is 24.4 Å². The molecule has 1 aromatic rings. The third kappa shape index (κ3) is 4.34. The zero-order valence-electron chi connectivity index (χ0n) is 11.2. The molecule has 5 nitrogen and oxygen atoms in total. The summed E-state index contributed by atoms with van der Waals surface area (Å²) in [7, 11) is -2.32. The fourth-order valence-electron chi connectivity index (χ4n) is 1.53. The van der Waals surface area contributed by atoms with Crippen molar-refractivity contribution in [1.82, 2.24) is 5.32 Å². The molecule has 0 aliphatic heterocycles. The van der Waals surface area contributed by atoms with E-state index in [0.717, 1.165) is 10.4 Å². The average Bonchev–Trinajstić information content (AvgIpc) is 2.42. The predicted molar refractivity (Wildman–Crippen MR) is 76.4 cm³/mol. The summed E-state index contributed by atoms with van der Waals surface area (Å²) >= 11 is 0. The number of sulfonamides is 1. The molecule has 0 saturated heterocycles. The minimum atomic E-state index is -3.72. The van der Waals surface area contributed by atoms with Gasteiger partial charge in [0.1, 0.15) is 12.4 Å². The summed E-state index contributed by atoms with van der Waals surface area (Å²) < 4.78 is 38.6. The molecule has 1 amide bonds. The van der Waals surface area contributed by atoms with Crippen molar-refractivity contribution in [3.8, 4) is 0 Å². The summed E-state index contributed by atoms with van der Waals surface area (Å²) in [4.78, 5) is 11.5. The Bertz CT molecular complexity index is 587. The second-order valence-corrected chi connectivity index (χ2v) is 6.07. The van der Waals surface area contributed by atoms with Crippen LogP contribution in [-0.2, 0) is 14.8 Å². The number of allylic oxidation sites excluding steroid dienone is 1. The van der Waals surface area contributed by atoms with Gasteiger partial charge >= 0.3 is 0 Å². The van der Waals surface area contributed by atoms with Crippen molar-refractivity contribution in [3.63, 3.8) is 0 Å². The van der Waals surface area contributed by atoms with Crippen molar-refractivity contribution in [3.05, 3.63) is 42.7 Å². The second kappa shape index (κ2) is 7.04. The highest BCUT2D eigenvalue weighted by Gasteiger charge is 2.24. The van der Waals surface area contributed by atoms with Crippen molar-refractivity contribution in [2.45, 2.75) is 6.42 Å². The first-order valence-electron chi connectivity index (χ1n) is 5.98. The minimum Gasteiger partial charge on any atom is -0.358 e. The van der Waals surface area contributed by atoms with Gasteiger partial charge in [0.05, 0.1) is 11.4 Å². The third-order valence-corrected chi connectivity index (χ3v) is 4.34. The maximum absolute atomic E-state index is 13.2. The van der Waals surface area contributed by atoms with Crippen molar-refractivity contribution >= 4 is 21.6 Å². The van der Waals surface area contributed by atoms with E-state index in [4.69, 9.17) is 0 Å². The van der Waals surface area contributed by atoms with Gasteiger partial charge in [0.25, 0.3) is 0 Å². The Labute approximate surface area is 118 Å². The van der Waals surface area contributed by atoms with Gasteiger partial charge in [-0.25, -0.2) is 12.8 Å². The molecule has 7 heteroatoms. The summed E-state index contributed by atoms with van der Waals surface area (Å²) in [5, 5.41) is 2.35. The Hall–Kier alpha value is -1.89. The van der Waals surface area contributed by atoms with Crippen LogP contribution >= 0.6 is 0 Å². The Morgan fingerprint density at radius 1 is 1.50 bits per heavy atom. The molecule has 0 aromatic heterocycles. The summed E-state index contributed by atoms with van der Waals surface area (Å²) in [6.45, 7) is 3.08. The first kappa shape index (κ1) is 16.2. The predicted octanol–water partition coefficient (Wildman–Crippen LogP) is 1.28. The Morgan fingerprint density at radius 3 is 2.75 bits per heavy atom. The van der Waals surface area contributed by atoms with Crippen LogP contribution in [0.4, 0.5) is 10.1 Å². The van der Waals surface area contributed by atoms with Gasteiger partial charge in [-0.05, 0) is 24.6 Å². The summed E-state index contributed by atoms with van der Waals surface area (Å²) in [5.41, 5.74) is 0.123. The number of benzene rings is 1. The van der Waals surface area contributed by atoms with E-state index in [1.807, 2.05) is 0 Å². The summed E-state index contributed by atoms with van der Waals surface area (Å²) in [6.07, 6.45) is 1.73. The molecule has 1 aromatic carbocycles. The molecular formula is C13H17FN2O3S. The lowest BCUT2D eigenvalue weighted by atomic mass is 10.3. The van der Waals surface area contributed by atoms with Crippen LogP contribution in [0.2, 0.25) is 0 Å². The first-order valence-corrected chi connectivity index (χ1v) is 7.59. The van der Waals surface area contributed by atoms with Gasteiger partial charge in [0.15, 0.2) is 0 Å². The van der Waals surface area contributed by atoms with Crippen LogP contribution in [-0.4, -0.2) is 33.7 Å². The Balaban J connectivity index is 3.14. The number of anilines is 1. The number of rotatable bonds is 7.